The fourth-order valence-electron chi connectivity index (χ4n) is 1.61. The van der Waals surface area contributed by atoms with Gasteiger partial charge in [0.1, 0.15) is 12.2 Å². The molecule has 1 aromatic heterocycles. The number of nitrogens with two attached hydrogens (primary N) is 1. The molecule has 0 saturated carbocycles. The van der Waals surface area contributed by atoms with Crippen LogP contribution in [0.4, 0.5) is 19.3 Å². The van der Waals surface area contributed by atoms with E-state index in [0.29, 0.717) is 0 Å². The third-order valence-corrected chi connectivity index (χ3v) is 2.49. The number of hydrogen-bond acceptors (Lipinski definition) is 5. The van der Waals surface area contributed by atoms with E-state index in [2.05, 4.69) is 5.32 Å². The average Bonchev–Trinajstić information content (AvgIpc) is 2.36. The maximum atomic E-state index is 12.7. The van der Waals surface area contributed by atoms with E-state index in [1.807, 2.05) is 0 Å². The lowest BCUT2D eigenvalue weighted by molar-refractivity contribution is 0.0493. The molecule has 1 aromatic rings. The van der Waals surface area contributed by atoms with Gasteiger partial charge in [0.25, 0.3) is 5.56 Å². The van der Waals surface area contributed by atoms with Crippen molar-refractivity contribution in [1.29, 1.82) is 0 Å². The van der Waals surface area contributed by atoms with Crippen LogP contribution in [0.5, 0.6) is 5.75 Å². The number of amides is 1. The zero-order valence-electron chi connectivity index (χ0n) is 13.4. The Hall–Kier alpha value is -2.32. The molecular weight excluding hydrogens is 312 g/mol. The molecule has 1 rings (SSSR count). The van der Waals surface area contributed by atoms with Gasteiger partial charge in [0.2, 0.25) is 0 Å². The number of carbonyl (C=O) groups excluding carboxylic acids is 1. The van der Waals surface area contributed by atoms with Crippen molar-refractivity contribution in [2.75, 3.05) is 12.3 Å². The van der Waals surface area contributed by atoms with Crippen molar-refractivity contribution in [2.24, 2.45) is 0 Å². The van der Waals surface area contributed by atoms with Crippen LogP contribution in [-0.2, 0) is 4.74 Å². The quantitative estimate of drug-likeness (QED) is 0.860. The summed E-state index contributed by atoms with van der Waals surface area (Å²) in [5, 5.41) is 2.50. The van der Waals surface area contributed by atoms with Gasteiger partial charge in [-0.25, -0.2) is 4.79 Å². The molecule has 1 amide bonds. The standard InChI is InChI=1S/C14H21F2N3O4/c1-8(18-13(21)23-14(2,3)4)7-22-10-5-9(17)6-19(11(10)20)12(15)16/h5-6,8,12H,7,17H2,1-4H3,(H,18,21)/t8-/m1/s1. The van der Waals surface area contributed by atoms with E-state index in [0.717, 1.165) is 12.3 Å². The monoisotopic (exact) mass is 333 g/mol. The second-order valence-electron chi connectivity index (χ2n) is 5.99. The number of nitrogen functional groups attached to an aromatic ring is 1. The summed E-state index contributed by atoms with van der Waals surface area (Å²) in [6, 6.07) is 0.646. The number of nitrogens with one attached hydrogen (secondary N) is 1. The number of alkyl carbamates (subject to hydrolysis) is 1. The highest BCUT2D eigenvalue weighted by Gasteiger charge is 2.19. The largest absolute Gasteiger partial charge is 0.486 e. The lowest BCUT2D eigenvalue weighted by Gasteiger charge is -2.22. The first-order valence-electron chi connectivity index (χ1n) is 6.91. The summed E-state index contributed by atoms with van der Waals surface area (Å²) in [6.07, 6.45) is 0.188. The molecule has 0 aliphatic carbocycles. The second-order valence-corrected chi connectivity index (χ2v) is 5.99. The predicted molar refractivity (Wildman–Crippen MR) is 80.7 cm³/mol. The Morgan fingerprint density at radius 2 is 2.04 bits per heavy atom. The van der Waals surface area contributed by atoms with Crippen LogP contribution in [0, 0.1) is 0 Å². The van der Waals surface area contributed by atoms with E-state index in [-0.39, 0.29) is 22.6 Å². The highest BCUT2D eigenvalue weighted by atomic mass is 19.3. The molecule has 1 atom stereocenters. The molecule has 130 valence electrons. The van der Waals surface area contributed by atoms with Gasteiger partial charge >= 0.3 is 12.6 Å². The Morgan fingerprint density at radius 3 is 2.57 bits per heavy atom. The molecule has 9 heteroatoms. The topological polar surface area (TPSA) is 95.6 Å². The van der Waals surface area contributed by atoms with Crippen molar-refractivity contribution in [3.8, 4) is 5.75 Å². The van der Waals surface area contributed by atoms with Gasteiger partial charge in [0.15, 0.2) is 5.75 Å². The molecule has 0 radical (unpaired) electrons. The van der Waals surface area contributed by atoms with Crippen LogP contribution in [0.2, 0.25) is 0 Å². The van der Waals surface area contributed by atoms with E-state index >= 15 is 0 Å². The Bertz CT molecular complexity index is 611. The first-order valence-corrected chi connectivity index (χ1v) is 6.91. The van der Waals surface area contributed by atoms with Crippen molar-refractivity contribution in [2.45, 2.75) is 45.9 Å². The fourth-order valence-corrected chi connectivity index (χ4v) is 1.61. The number of pyridine rings is 1. The third-order valence-electron chi connectivity index (χ3n) is 2.49. The van der Waals surface area contributed by atoms with Crippen LogP contribution in [0.1, 0.15) is 34.2 Å². The van der Waals surface area contributed by atoms with Crippen LogP contribution in [0.25, 0.3) is 0 Å². The maximum absolute atomic E-state index is 12.7. The predicted octanol–water partition coefficient (Wildman–Crippen LogP) is 2.12. The van der Waals surface area contributed by atoms with E-state index in [1.54, 1.807) is 27.7 Å². The summed E-state index contributed by atoms with van der Waals surface area (Å²) in [7, 11) is 0. The smallest absolute Gasteiger partial charge is 0.407 e. The number of nitrogens with zero attached hydrogens (tertiary/aromatic N) is 1. The molecular formula is C14H21F2N3O4. The van der Waals surface area contributed by atoms with Crippen LogP contribution >= 0.6 is 0 Å². The number of halogens is 2. The van der Waals surface area contributed by atoms with Crippen molar-refractivity contribution in [1.82, 2.24) is 9.88 Å². The van der Waals surface area contributed by atoms with Gasteiger partial charge in [-0.1, -0.05) is 0 Å². The van der Waals surface area contributed by atoms with Gasteiger partial charge in [-0.2, -0.15) is 8.78 Å². The molecule has 1 heterocycles. The van der Waals surface area contributed by atoms with Gasteiger partial charge in [-0.3, -0.25) is 9.36 Å². The molecule has 23 heavy (non-hydrogen) atoms. The Morgan fingerprint density at radius 1 is 1.43 bits per heavy atom. The van der Waals surface area contributed by atoms with Crippen LogP contribution in [0.15, 0.2) is 17.1 Å². The van der Waals surface area contributed by atoms with Gasteiger partial charge in [-0.15, -0.1) is 0 Å². The van der Waals surface area contributed by atoms with Crippen LogP contribution < -0.4 is 21.3 Å². The van der Waals surface area contributed by atoms with E-state index < -0.39 is 29.8 Å². The van der Waals surface area contributed by atoms with Crippen LogP contribution in [-0.4, -0.2) is 28.9 Å². The highest BCUT2D eigenvalue weighted by molar-refractivity contribution is 5.68. The number of aromatic nitrogens is 1. The summed E-state index contributed by atoms with van der Waals surface area (Å²) < 4.78 is 35.8. The first kappa shape index (κ1) is 18.7. The summed E-state index contributed by atoms with van der Waals surface area (Å²) >= 11 is 0. The molecule has 0 aromatic carbocycles. The zero-order chi connectivity index (χ0) is 17.8. The van der Waals surface area contributed by atoms with Gasteiger partial charge in [0.05, 0.1) is 11.7 Å². The Balaban J connectivity index is 2.68. The Labute approximate surface area is 132 Å². The third kappa shape index (κ3) is 6.13. The molecule has 7 nitrogen and oxygen atoms in total. The first-order chi connectivity index (χ1) is 10.5. The number of carbonyl (C=O) groups is 1. The van der Waals surface area contributed by atoms with Crippen LogP contribution in [0.3, 0.4) is 0 Å². The zero-order valence-corrected chi connectivity index (χ0v) is 13.4. The Kier molecular flexibility index (Phi) is 5.94. The van der Waals surface area contributed by atoms with Crippen molar-refractivity contribution < 1.29 is 23.0 Å². The molecule has 0 bridgehead atoms. The van der Waals surface area contributed by atoms with Gasteiger partial charge in [0, 0.05) is 12.3 Å². The number of alkyl halides is 2. The minimum atomic E-state index is -3.02. The summed E-state index contributed by atoms with van der Waals surface area (Å²) in [5.41, 5.74) is 3.77. The maximum Gasteiger partial charge on any atom is 0.407 e. The normalized spacial score (nSPS) is 12.8. The molecule has 0 aliphatic heterocycles. The molecule has 3 N–H and O–H groups in total. The number of rotatable bonds is 5. The summed E-state index contributed by atoms with van der Waals surface area (Å²) in [4.78, 5) is 23.3. The average molecular weight is 333 g/mol. The molecule has 0 spiro atoms. The van der Waals surface area contributed by atoms with Crippen molar-refractivity contribution in [3.05, 3.63) is 22.6 Å². The lowest BCUT2D eigenvalue weighted by atomic mass is 10.2. The molecule has 0 aliphatic rings. The fraction of sp³-hybridized carbons (Fsp3) is 0.571. The van der Waals surface area contributed by atoms with Crippen molar-refractivity contribution in [3.63, 3.8) is 0 Å². The van der Waals surface area contributed by atoms with E-state index in [1.165, 1.54) is 0 Å². The summed E-state index contributed by atoms with van der Waals surface area (Å²) in [5.74, 6) is -0.317. The molecule has 0 unspecified atom stereocenters. The molecule has 0 saturated heterocycles. The van der Waals surface area contributed by atoms with Crippen molar-refractivity contribution >= 4 is 11.8 Å². The highest BCUT2D eigenvalue weighted by Crippen LogP contribution is 2.15. The second kappa shape index (κ2) is 7.30. The number of hydrogen-bond donors (Lipinski definition) is 2. The lowest BCUT2D eigenvalue weighted by Crippen LogP contribution is -2.40. The molecule has 0 fully saturated rings. The van der Waals surface area contributed by atoms with Gasteiger partial charge in [-0.05, 0) is 27.7 Å². The summed E-state index contributed by atoms with van der Waals surface area (Å²) in [6.45, 7) is 3.63. The SMILES string of the molecule is C[C@H](COc1cc(N)cn(C(F)F)c1=O)NC(=O)OC(C)(C)C. The van der Waals surface area contributed by atoms with Gasteiger partial charge < -0.3 is 20.5 Å². The van der Waals surface area contributed by atoms with E-state index in [9.17, 15) is 18.4 Å². The van der Waals surface area contributed by atoms with E-state index in [4.69, 9.17) is 15.2 Å². The number of anilines is 1. The minimum Gasteiger partial charge on any atom is -0.486 e. The number of ether oxygens (including phenoxy) is 2. The minimum absolute atomic E-state index is 0.0346.